The van der Waals surface area contributed by atoms with E-state index in [0.29, 0.717) is 5.91 Å². The Hall–Kier alpha value is 0.170. The number of carbonyl (C=O) groups excluding carboxylic acids is 1. The molecule has 2 rings (SSSR count). The summed E-state index contributed by atoms with van der Waals surface area (Å²) in [7, 11) is 3.79. The third-order valence-electron chi connectivity index (χ3n) is 2.49. The van der Waals surface area contributed by atoms with E-state index in [-0.39, 0.29) is 0 Å². The molecule has 1 heterocycles. The van der Waals surface area contributed by atoms with E-state index in [9.17, 15) is 4.79 Å². The molecule has 2 fully saturated rings. The molecule has 74 valence electrons. The van der Waals surface area contributed by atoms with Crippen LogP contribution >= 0.6 is 21.6 Å². The summed E-state index contributed by atoms with van der Waals surface area (Å²) in [6.07, 6.45) is 3.38. The second-order valence-corrected chi connectivity index (χ2v) is 6.37. The zero-order valence-electron chi connectivity index (χ0n) is 7.70. The summed E-state index contributed by atoms with van der Waals surface area (Å²) < 4.78 is 0. The van der Waals surface area contributed by atoms with Crippen LogP contribution in [0.3, 0.4) is 0 Å². The fraction of sp³-hybridized carbons (Fsp3) is 0.889. The van der Waals surface area contributed by atoms with Gasteiger partial charge in [-0.15, -0.1) is 0 Å². The van der Waals surface area contributed by atoms with Crippen molar-refractivity contribution < 1.29 is 4.79 Å². The van der Waals surface area contributed by atoms with E-state index in [1.165, 1.54) is 12.8 Å². The lowest BCUT2D eigenvalue weighted by molar-refractivity contribution is -0.131. The topological polar surface area (TPSA) is 20.3 Å². The van der Waals surface area contributed by atoms with Crippen molar-refractivity contribution >= 4 is 27.5 Å². The molecule has 2 nitrogen and oxygen atoms in total. The van der Waals surface area contributed by atoms with Crippen LogP contribution in [-0.4, -0.2) is 35.4 Å². The van der Waals surface area contributed by atoms with Gasteiger partial charge >= 0.3 is 0 Å². The van der Waals surface area contributed by atoms with Crippen molar-refractivity contribution in [1.29, 1.82) is 0 Å². The van der Waals surface area contributed by atoms with Gasteiger partial charge in [-0.25, -0.2) is 0 Å². The van der Waals surface area contributed by atoms with Crippen molar-refractivity contribution in [3.05, 3.63) is 0 Å². The molecule has 1 amide bonds. The van der Waals surface area contributed by atoms with Crippen molar-refractivity contribution in [2.45, 2.75) is 19.3 Å². The molecular formula is C9H15NOS2. The van der Waals surface area contributed by atoms with Crippen LogP contribution in [0.2, 0.25) is 0 Å². The van der Waals surface area contributed by atoms with Crippen LogP contribution in [0.1, 0.15) is 19.3 Å². The SMILES string of the molecule is O=C(CC1CC1)N1CCSSCC1. The quantitative estimate of drug-likeness (QED) is 0.660. The minimum Gasteiger partial charge on any atom is -0.341 e. The smallest absolute Gasteiger partial charge is 0.222 e. The highest BCUT2D eigenvalue weighted by Gasteiger charge is 2.27. The van der Waals surface area contributed by atoms with Gasteiger partial charge in [0.1, 0.15) is 0 Å². The van der Waals surface area contributed by atoms with E-state index in [2.05, 4.69) is 0 Å². The van der Waals surface area contributed by atoms with E-state index >= 15 is 0 Å². The third-order valence-corrected chi connectivity index (χ3v) is 4.85. The lowest BCUT2D eigenvalue weighted by Gasteiger charge is -2.19. The second-order valence-electron chi connectivity index (χ2n) is 3.67. The van der Waals surface area contributed by atoms with Crippen molar-refractivity contribution in [2.24, 2.45) is 5.92 Å². The van der Waals surface area contributed by atoms with Gasteiger partial charge in [0.25, 0.3) is 0 Å². The number of carbonyl (C=O) groups is 1. The molecule has 0 N–H and O–H groups in total. The zero-order chi connectivity index (χ0) is 9.10. The Morgan fingerprint density at radius 2 is 1.85 bits per heavy atom. The molecule has 1 aliphatic heterocycles. The molecule has 2 aliphatic rings. The number of rotatable bonds is 2. The fourth-order valence-corrected chi connectivity index (χ4v) is 3.45. The summed E-state index contributed by atoms with van der Waals surface area (Å²) in [6.45, 7) is 1.92. The third kappa shape index (κ3) is 3.09. The Bertz CT molecular complexity index is 186. The molecular weight excluding hydrogens is 202 g/mol. The van der Waals surface area contributed by atoms with Crippen molar-refractivity contribution in [1.82, 2.24) is 4.90 Å². The van der Waals surface area contributed by atoms with E-state index in [1.54, 1.807) is 0 Å². The van der Waals surface area contributed by atoms with E-state index < -0.39 is 0 Å². The molecule has 0 unspecified atom stereocenters. The molecule has 0 aromatic rings. The number of hydrogen-bond donors (Lipinski definition) is 0. The Morgan fingerprint density at radius 3 is 2.38 bits per heavy atom. The van der Waals surface area contributed by atoms with Gasteiger partial charge in [0.2, 0.25) is 5.91 Å². The maximum Gasteiger partial charge on any atom is 0.222 e. The molecule has 13 heavy (non-hydrogen) atoms. The van der Waals surface area contributed by atoms with Crippen LogP contribution < -0.4 is 0 Å². The zero-order valence-corrected chi connectivity index (χ0v) is 9.33. The minimum atomic E-state index is 0.394. The van der Waals surface area contributed by atoms with Gasteiger partial charge in [0.05, 0.1) is 0 Å². The fourth-order valence-electron chi connectivity index (χ4n) is 1.47. The monoisotopic (exact) mass is 217 g/mol. The van der Waals surface area contributed by atoms with E-state index in [1.807, 2.05) is 26.5 Å². The Balaban J connectivity index is 1.78. The minimum absolute atomic E-state index is 0.394. The summed E-state index contributed by atoms with van der Waals surface area (Å²) in [5, 5.41) is 0. The van der Waals surface area contributed by atoms with Crippen LogP contribution in [0.15, 0.2) is 0 Å². The van der Waals surface area contributed by atoms with E-state index in [0.717, 1.165) is 36.9 Å². The molecule has 1 saturated carbocycles. The number of nitrogens with zero attached hydrogens (tertiary/aromatic N) is 1. The maximum atomic E-state index is 11.7. The first-order valence-electron chi connectivity index (χ1n) is 4.88. The maximum absolute atomic E-state index is 11.7. The second kappa shape index (κ2) is 4.60. The molecule has 0 aromatic heterocycles. The molecule has 0 aromatic carbocycles. The normalized spacial score (nSPS) is 24.2. The van der Waals surface area contributed by atoms with Gasteiger partial charge in [0.15, 0.2) is 0 Å². The Kier molecular flexibility index (Phi) is 3.44. The van der Waals surface area contributed by atoms with Crippen molar-refractivity contribution in [2.75, 3.05) is 24.6 Å². The highest BCUT2D eigenvalue weighted by atomic mass is 33.1. The van der Waals surface area contributed by atoms with Gasteiger partial charge in [-0.05, 0) is 18.8 Å². The molecule has 0 bridgehead atoms. The highest BCUT2D eigenvalue weighted by Crippen LogP contribution is 2.33. The average molecular weight is 217 g/mol. The predicted octanol–water partition coefficient (Wildman–Crippen LogP) is 2.01. The van der Waals surface area contributed by atoms with Gasteiger partial charge in [-0.2, -0.15) is 0 Å². The largest absolute Gasteiger partial charge is 0.341 e. The van der Waals surface area contributed by atoms with Crippen LogP contribution in [0.5, 0.6) is 0 Å². The van der Waals surface area contributed by atoms with Crippen LogP contribution in [0.4, 0.5) is 0 Å². The van der Waals surface area contributed by atoms with Crippen LogP contribution in [0, 0.1) is 5.92 Å². The Labute approximate surface area is 87.2 Å². The van der Waals surface area contributed by atoms with Gasteiger partial charge in [-0.1, -0.05) is 21.6 Å². The van der Waals surface area contributed by atoms with Gasteiger partial charge in [-0.3, -0.25) is 4.79 Å². The summed E-state index contributed by atoms with van der Waals surface area (Å²) in [4.78, 5) is 13.8. The summed E-state index contributed by atoms with van der Waals surface area (Å²) >= 11 is 0. The van der Waals surface area contributed by atoms with E-state index in [4.69, 9.17) is 0 Å². The van der Waals surface area contributed by atoms with Crippen LogP contribution in [0.25, 0.3) is 0 Å². The first-order chi connectivity index (χ1) is 6.36. The molecule has 4 heteroatoms. The average Bonchev–Trinajstić information content (AvgIpc) is 2.87. The summed E-state index contributed by atoms with van der Waals surface area (Å²) in [6, 6.07) is 0. The standard InChI is InChI=1S/C9H15NOS2/c11-9(7-8-1-2-8)10-3-5-12-13-6-4-10/h8H,1-7H2. The Morgan fingerprint density at radius 1 is 1.23 bits per heavy atom. The molecule has 1 aliphatic carbocycles. The first kappa shape index (κ1) is 9.71. The predicted molar refractivity (Wildman–Crippen MR) is 58.8 cm³/mol. The first-order valence-corrected chi connectivity index (χ1v) is 7.37. The number of amides is 1. The summed E-state index contributed by atoms with van der Waals surface area (Å²) in [5.41, 5.74) is 0. The van der Waals surface area contributed by atoms with Gasteiger partial charge < -0.3 is 4.90 Å². The lowest BCUT2D eigenvalue weighted by atomic mass is 10.2. The molecule has 0 radical (unpaired) electrons. The molecule has 0 spiro atoms. The van der Waals surface area contributed by atoms with Gasteiger partial charge in [0, 0.05) is 31.0 Å². The number of hydrogen-bond acceptors (Lipinski definition) is 3. The van der Waals surface area contributed by atoms with Crippen LogP contribution in [-0.2, 0) is 4.79 Å². The highest BCUT2D eigenvalue weighted by molar-refractivity contribution is 8.76. The molecule has 1 saturated heterocycles. The molecule has 0 atom stereocenters. The van der Waals surface area contributed by atoms with Crippen molar-refractivity contribution in [3.8, 4) is 0 Å². The summed E-state index contributed by atoms with van der Waals surface area (Å²) in [5.74, 6) is 3.32. The van der Waals surface area contributed by atoms with Crippen molar-refractivity contribution in [3.63, 3.8) is 0 Å². The lowest BCUT2D eigenvalue weighted by Crippen LogP contribution is -2.33.